The minimum Gasteiger partial charge on any atom is -0.298 e. The van der Waals surface area contributed by atoms with Gasteiger partial charge in [0.1, 0.15) is 0 Å². The second-order valence-corrected chi connectivity index (χ2v) is 4.39. The molecule has 0 fully saturated rings. The van der Waals surface area contributed by atoms with Gasteiger partial charge < -0.3 is 0 Å². The molecule has 2 heterocycles. The van der Waals surface area contributed by atoms with Crippen LogP contribution in [0.2, 0.25) is 0 Å². The Morgan fingerprint density at radius 1 is 1.33 bits per heavy atom. The van der Waals surface area contributed by atoms with Gasteiger partial charge in [-0.1, -0.05) is 11.3 Å². The first kappa shape index (κ1) is 10.0. The molecular weight excluding hydrogens is 234 g/mol. The molecule has 0 aliphatic carbocycles. The highest BCUT2D eigenvalue weighted by atomic mass is 32.1. The molecule has 0 atom stereocenters. The van der Waals surface area contributed by atoms with Crippen molar-refractivity contribution in [2.75, 3.05) is 0 Å². The summed E-state index contributed by atoms with van der Waals surface area (Å²) >= 11 is 2.42. The predicted molar refractivity (Wildman–Crippen MR) is 59.7 cm³/mol. The molecule has 76 valence electrons. The van der Waals surface area contributed by atoms with Crippen LogP contribution in [0.4, 0.5) is 5.00 Å². The third-order valence-corrected chi connectivity index (χ3v) is 3.55. The van der Waals surface area contributed by atoms with Gasteiger partial charge in [0.15, 0.2) is 6.29 Å². The monoisotopic (exact) mass is 239 g/mol. The van der Waals surface area contributed by atoms with Crippen LogP contribution in [0.1, 0.15) is 10.4 Å². The van der Waals surface area contributed by atoms with Gasteiger partial charge in [-0.05, 0) is 16.8 Å². The van der Waals surface area contributed by atoms with Crippen molar-refractivity contribution in [3.05, 3.63) is 37.9 Å². The fourth-order valence-electron chi connectivity index (χ4n) is 1.26. The summed E-state index contributed by atoms with van der Waals surface area (Å²) in [7, 11) is 0. The van der Waals surface area contributed by atoms with E-state index in [4.69, 9.17) is 0 Å². The molecule has 0 aromatic carbocycles. The fraction of sp³-hybridized carbons (Fsp3) is 0. The van der Waals surface area contributed by atoms with Crippen LogP contribution in [0.15, 0.2) is 22.2 Å². The van der Waals surface area contributed by atoms with E-state index >= 15 is 0 Å². The van der Waals surface area contributed by atoms with Crippen molar-refractivity contribution in [3.63, 3.8) is 0 Å². The number of aldehydes is 1. The number of nitro groups is 1. The van der Waals surface area contributed by atoms with Gasteiger partial charge in [-0.3, -0.25) is 14.9 Å². The van der Waals surface area contributed by atoms with E-state index in [-0.39, 0.29) is 5.00 Å². The molecule has 0 unspecified atom stereocenters. The Bertz CT molecular complexity index is 515. The Morgan fingerprint density at radius 2 is 2.13 bits per heavy atom. The summed E-state index contributed by atoms with van der Waals surface area (Å²) in [5, 5.41) is 15.9. The van der Waals surface area contributed by atoms with E-state index in [0.717, 1.165) is 11.3 Å². The van der Waals surface area contributed by atoms with Crippen LogP contribution in [0, 0.1) is 10.1 Å². The number of carbonyl (C=O) groups excluding carboxylic acids is 1. The zero-order valence-electron chi connectivity index (χ0n) is 7.38. The molecule has 6 heteroatoms. The number of hydrogen-bond donors (Lipinski definition) is 0. The number of rotatable bonds is 3. The molecule has 0 spiro atoms. The molecule has 15 heavy (non-hydrogen) atoms. The average molecular weight is 239 g/mol. The van der Waals surface area contributed by atoms with Gasteiger partial charge in [0.25, 0.3) is 0 Å². The number of nitrogens with zero attached hydrogens (tertiary/aromatic N) is 1. The van der Waals surface area contributed by atoms with E-state index in [1.807, 2.05) is 0 Å². The molecule has 0 saturated heterocycles. The lowest BCUT2D eigenvalue weighted by Gasteiger charge is -1.94. The van der Waals surface area contributed by atoms with Crippen molar-refractivity contribution >= 4 is 34.0 Å². The highest BCUT2D eigenvalue weighted by Gasteiger charge is 2.19. The summed E-state index contributed by atoms with van der Waals surface area (Å²) in [5.74, 6) is 0. The molecule has 4 nitrogen and oxygen atoms in total. The number of carbonyl (C=O) groups is 1. The summed E-state index contributed by atoms with van der Waals surface area (Å²) in [4.78, 5) is 21.0. The topological polar surface area (TPSA) is 60.2 Å². The van der Waals surface area contributed by atoms with E-state index in [1.165, 1.54) is 11.3 Å². The molecule has 2 aromatic heterocycles. The van der Waals surface area contributed by atoms with E-state index in [1.54, 1.807) is 22.2 Å². The van der Waals surface area contributed by atoms with E-state index < -0.39 is 4.92 Å². The average Bonchev–Trinajstić information content (AvgIpc) is 2.85. The molecule has 0 aliphatic rings. The maximum atomic E-state index is 10.7. The highest BCUT2D eigenvalue weighted by molar-refractivity contribution is 7.14. The number of thiophene rings is 2. The molecule has 0 radical (unpaired) electrons. The molecule has 2 rings (SSSR count). The third kappa shape index (κ3) is 1.69. The van der Waals surface area contributed by atoms with Crippen LogP contribution in [0.25, 0.3) is 11.1 Å². The Hall–Kier alpha value is -1.53. The molecule has 0 amide bonds. The summed E-state index contributed by atoms with van der Waals surface area (Å²) in [5.41, 5.74) is 1.66. The molecule has 0 aliphatic heterocycles. The normalized spacial score (nSPS) is 10.1. The van der Waals surface area contributed by atoms with Crippen molar-refractivity contribution in [1.82, 2.24) is 0 Å². The zero-order chi connectivity index (χ0) is 10.8. The lowest BCUT2D eigenvalue weighted by atomic mass is 10.1. The molecule has 0 saturated carbocycles. The Balaban J connectivity index is 2.58. The minimum atomic E-state index is -0.424. The second kappa shape index (κ2) is 3.92. The van der Waals surface area contributed by atoms with Gasteiger partial charge in [-0.25, -0.2) is 0 Å². The minimum absolute atomic E-state index is 0.0801. The smallest absolute Gasteiger partial charge is 0.298 e. The first-order valence-corrected chi connectivity index (χ1v) is 5.80. The summed E-state index contributed by atoms with van der Waals surface area (Å²) in [6.07, 6.45) is 0.716. The highest BCUT2D eigenvalue weighted by Crippen LogP contribution is 2.37. The predicted octanol–water partition coefficient (Wildman–Crippen LogP) is 3.20. The summed E-state index contributed by atoms with van der Waals surface area (Å²) < 4.78 is 0. The molecule has 2 aromatic rings. The van der Waals surface area contributed by atoms with Crippen molar-refractivity contribution in [3.8, 4) is 11.1 Å². The standard InChI is InChI=1S/C9H5NO3S2/c11-3-6-4-14-5-8(6)7-1-2-15-9(7)10(12)13/h1-5H. The van der Waals surface area contributed by atoms with Gasteiger partial charge in [-0.15, -0.1) is 0 Å². The van der Waals surface area contributed by atoms with Gasteiger partial charge in [0.05, 0.1) is 10.5 Å². The van der Waals surface area contributed by atoms with Crippen LogP contribution >= 0.6 is 22.7 Å². The van der Waals surface area contributed by atoms with Crippen LogP contribution in [-0.4, -0.2) is 11.2 Å². The summed E-state index contributed by atoms with van der Waals surface area (Å²) in [6.45, 7) is 0. The molecule has 0 N–H and O–H groups in total. The van der Waals surface area contributed by atoms with Crippen molar-refractivity contribution in [2.24, 2.45) is 0 Å². The van der Waals surface area contributed by atoms with Crippen LogP contribution < -0.4 is 0 Å². The fourth-order valence-corrected chi connectivity index (χ4v) is 2.79. The van der Waals surface area contributed by atoms with Crippen molar-refractivity contribution in [1.29, 1.82) is 0 Å². The zero-order valence-corrected chi connectivity index (χ0v) is 9.01. The van der Waals surface area contributed by atoms with E-state index in [2.05, 4.69) is 0 Å². The van der Waals surface area contributed by atoms with Gasteiger partial charge >= 0.3 is 5.00 Å². The maximum absolute atomic E-state index is 10.7. The Kier molecular flexibility index (Phi) is 2.61. The van der Waals surface area contributed by atoms with E-state index in [0.29, 0.717) is 23.0 Å². The van der Waals surface area contributed by atoms with E-state index in [9.17, 15) is 14.9 Å². The second-order valence-electron chi connectivity index (χ2n) is 2.76. The number of hydrogen-bond acceptors (Lipinski definition) is 5. The quantitative estimate of drug-likeness (QED) is 0.469. The van der Waals surface area contributed by atoms with Gasteiger partial charge in [-0.2, -0.15) is 11.3 Å². The van der Waals surface area contributed by atoms with Gasteiger partial charge in [0.2, 0.25) is 0 Å². The molecule has 0 bridgehead atoms. The van der Waals surface area contributed by atoms with Crippen molar-refractivity contribution in [2.45, 2.75) is 0 Å². The first-order valence-electron chi connectivity index (χ1n) is 3.97. The first-order chi connectivity index (χ1) is 7.24. The van der Waals surface area contributed by atoms with Crippen LogP contribution in [0.3, 0.4) is 0 Å². The van der Waals surface area contributed by atoms with Crippen molar-refractivity contribution < 1.29 is 9.72 Å². The molecular formula is C9H5NO3S2. The Labute approximate surface area is 92.9 Å². The summed E-state index contributed by atoms with van der Waals surface area (Å²) in [6, 6.07) is 1.66. The maximum Gasteiger partial charge on any atom is 0.331 e. The largest absolute Gasteiger partial charge is 0.331 e. The third-order valence-electron chi connectivity index (χ3n) is 1.92. The van der Waals surface area contributed by atoms with Crippen LogP contribution in [0.5, 0.6) is 0 Å². The Morgan fingerprint density at radius 3 is 2.80 bits per heavy atom. The van der Waals surface area contributed by atoms with Gasteiger partial charge in [0, 0.05) is 16.5 Å². The van der Waals surface area contributed by atoms with Crippen LogP contribution in [-0.2, 0) is 0 Å². The lowest BCUT2D eigenvalue weighted by Crippen LogP contribution is -1.87. The lowest BCUT2D eigenvalue weighted by molar-refractivity contribution is -0.379. The SMILES string of the molecule is O=Cc1cscc1-c1ccsc1[N+](=O)[O-].